The summed E-state index contributed by atoms with van der Waals surface area (Å²) in [5.74, 6) is -3.28. The molecule has 116 valence electrons. The minimum absolute atomic E-state index is 0.0530. The number of anilines is 1. The first-order valence-corrected chi connectivity index (χ1v) is 6.23. The second-order valence-electron chi connectivity index (χ2n) is 4.45. The van der Waals surface area contributed by atoms with Gasteiger partial charge in [-0.2, -0.15) is 0 Å². The van der Waals surface area contributed by atoms with E-state index in [1.54, 1.807) is 6.92 Å². The molecule has 0 saturated carbocycles. The predicted octanol–water partition coefficient (Wildman–Crippen LogP) is 2.37. The lowest BCUT2D eigenvalue weighted by atomic mass is 10.2. The Morgan fingerprint density at radius 3 is 2.59 bits per heavy atom. The molecule has 0 spiro atoms. The predicted molar refractivity (Wildman–Crippen MR) is 71.2 cm³/mol. The molecule has 0 radical (unpaired) electrons. The van der Waals surface area contributed by atoms with Crippen LogP contribution in [0.25, 0.3) is 0 Å². The lowest BCUT2D eigenvalue weighted by Gasteiger charge is -2.06. The molecular weight excluding hydrogens is 298 g/mol. The Balaban J connectivity index is 1.93. The van der Waals surface area contributed by atoms with Crippen molar-refractivity contribution in [1.82, 2.24) is 5.16 Å². The molecule has 2 rings (SSSR count). The van der Waals surface area contributed by atoms with Gasteiger partial charge in [0.2, 0.25) is 0 Å². The summed E-state index contributed by atoms with van der Waals surface area (Å²) in [6.45, 7) is 2.52. The third-order valence-corrected chi connectivity index (χ3v) is 2.78. The lowest BCUT2D eigenvalue weighted by Crippen LogP contribution is -2.21. The van der Waals surface area contributed by atoms with E-state index in [0.29, 0.717) is 5.69 Å². The molecule has 1 aromatic heterocycles. The fraction of sp³-hybridized carbons (Fsp3) is 0.214. The van der Waals surface area contributed by atoms with Crippen molar-refractivity contribution in [3.05, 3.63) is 46.9 Å². The van der Waals surface area contributed by atoms with Crippen molar-refractivity contribution in [2.24, 2.45) is 0 Å². The highest BCUT2D eigenvalue weighted by molar-refractivity contribution is 5.96. The minimum Gasteiger partial charge on any atom is -0.452 e. The first kappa shape index (κ1) is 15.6. The van der Waals surface area contributed by atoms with E-state index in [0.717, 1.165) is 12.1 Å². The molecule has 0 unspecified atom stereocenters. The van der Waals surface area contributed by atoms with Crippen molar-refractivity contribution < 1.29 is 27.6 Å². The van der Waals surface area contributed by atoms with Crippen LogP contribution >= 0.6 is 0 Å². The van der Waals surface area contributed by atoms with E-state index in [2.05, 4.69) is 10.5 Å². The fourth-order valence-corrected chi connectivity index (χ4v) is 1.75. The number of carbonyl (C=O) groups excluding carboxylic acids is 2. The van der Waals surface area contributed by atoms with Gasteiger partial charge >= 0.3 is 5.97 Å². The normalized spacial score (nSPS) is 10.4. The number of hydrogen-bond donors (Lipinski definition) is 1. The third kappa shape index (κ3) is 3.46. The molecule has 0 saturated heterocycles. The molecule has 0 bridgehead atoms. The van der Waals surface area contributed by atoms with Gasteiger partial charge in [-0.15, -0.1) is 0 Å². The maximum Gasteiger partial charge on any atom is 0.344 e. The molecular formula is C14H12F2N2O4. The van der Waals surface area contributed by atoms with Crippen molar-refractivity contribution in [1.29, 1.82) is 0 Å². The molecule has 1 N–H and O–H groups in total. The summed E-state index contributed by atoms with van der Waals surface area (Å²) < 4.78 is 35.4. The second-order valence-corrected chi connectivity index (χ2v) is 4.45. The zero-order valence-electron chi connectivity index (χ0n) is 11.8. The van der Waals surface area contributed by atoms with Crippen LogP contribution in [-0.4, -0.2) is 23.6 Å². The topological polar surface area (TPSA) is 81.4 Å². The van der Waals surface area contributed by atoms with Gasteiger partial charge in [0.1, 0.15) is 11.3 Å². The summed E-state index contributed by atoms with van der Waals surface area (Å²) in [5.41, 5.74) is 0.557. The lowest BCUT2D eigenvalue weighted by molar-refractivity contribution is -0.119. The molecule has 22 heavy (non-hydrogen) atoms. The second kappa shape index (κ2) is 6.33. The Kier molecular flexibility index (Phi) is 4.50. The van der Waals surface area contributed by atoms with Gasteiger partial charge in [0.15, 0.2) is 18.2 Å². The van der Waals surface area contributed by atoms with E-state index in [9.17, 15) is 18.4 Å². The first-order chi connectivity index (χ1) is 10.4. The van der Waals surface area contributed by atoms with Gasteiger partial charge in [0.05, 0.1) is 5.69 Å². The van der Waals surface area contributed by atoms with E-state index in [1.807, 2.05) is 0 Å². The number of rotatable bonds is 4. The van der Waals surface area contributed by atoms with Crippen LogP contribution in [0.2, 0.25) is 0 Å². The number of esters is 1. The molecule has 6 nitrogen and oxygen atoms in total. The van der Waals surface area contributed by atoms with Crippen molar-refractivity contribution in [3.63, 3.8) is 0 Å². The zero-order valence-corrected chi connectivity index (χ0v) is 11.8. The zero-order chi connectivity index (χ0) is 16.3. The van der Waals surface area contributed by atoms with Crippen molar-refractivity contribution in [3.8, 4) is 0 Å². The Hall–Kier alpha value is -2.77. The summed E-state index contributed by atoms with van der Waals surface area (Å²) in [6, 6.07) is 2.89. The summed E-state index contributed by atoms with van der Waals surface area (Å²) >= 11 is 0. The van der Waals surface area contributed by atoms with E-state index in [1.165, 1.54) is 13.0 Å². The molecule has 0 aliphatic carbocycles. The molecule has 0 aliphatic rings. The van der Waals surface area contributed by atoms with Gasteiger partial charge in [0, 0.05) is 11.8 Å². The monoisotopic (exact) mass is 310 g/mol. The van der Waals surface area contributed by atoms with Crippen LogP contribution in [0.1, 0.15) is 21.8 Å². The van der Waals surface area contributed by atoms with Crippen LogP contribution in [0, 0.1) is 25.5 Å². The SMILES string of the molecule is Cc1noc(C)c1C(=O)OCC(=O)Nc1ccc(F)c(F)c1. The molecule has 0 atom stereocenters. The number of aromatic nitrogens is 1. The van der Waals surface area contributed by atoms with Crippen molar-refractivity contribution in [2.75, 3.05) is 11.9 Å². The third-order valence-electron chi connectivity index (χ3n) is 2.78. The highest BCUT2D eigenvalue weighted by atomic mass is 19.2. The van der Waals surface area contributed by atoms with Gasteiger partial charge in [-0.25, -0.2) is 13.6 Å². The van der Waals surface area contributed by atoms with Crippen LogP contribution in [0.4, 0.5) is 14.5 Å². The Morgan fingerprint density at radius 2 is 2.00 bits per heavy atom. The maximum atomic E-state index is 13.0. The van der Waals surface area contributed by atoms with Gasteiger partial charge in [0.25, 0.3) is 5.91 Å². The van der Waals surface area contributed by atoms with Crippen molar-refractivity contribution in [2.45, 2.75) is 13.8 Å². The minimum atomic E-state index is -1.09. The number of nitrogens with one attached hydrogen (secondary N) is 1. The van der Waals surface area contributed by atoms with Crippen LogP contribution in [0.3, 0.4) is 0 Å². The molecule has 0 aliphatic heterocycles. The Morgan fingerprint density at radius 1 is 1.27 bits per heavy atom. The summed E-state index contributed by atoms with van der Waals surface area (Å²) in [5, 5.41) is 5.87. The average Bonchev–Trinajstić information content (AvgIpc) is 2.80. The quantitative estimate of drug-likeness (QED) is 0.877. The molecule has 1 aromatic carbocycles. The molecule has 8 heteroatoms. The highest BCUT2D eigenvalue weighted by Crippen LogP contribution is 2.14. The average molecular weight is 310 g/mol. The summed E-state index contributed by atoms with van der Waals surface area (Å²) in [7, 11) is 0. The van der Waals surface area contributed by atoms with E-state index < -0.39 is 30.1 Å². The number of hydrogen-bond acceptors (Lipinski definition) is 5. The van der Waals surface area contributed by atoms with Gasteiger partial charge in [-0.1, -0.05) is 5.16 Å². The molecule has 2 aromatic rings. The summed E-state index contributed by atoms with van der Waals surface area (Å²) in [4.78, 5) is 23.4. The number of amides is 1. The smallest absolute Gasteiger partial charge is 0.344 e. The molecule has 0 fully saturated rings. The van der Waals surface area contributed by atoms with E-state index in [4.69, 9.17) is 9.26 Å². The number of nitrogens with zero attached hydrogens (tertiary/aromatic N) is 1. The van der Waals surface area contributed by atoms with E-state index >= 15 is 0 Å². The van der Waals surface area contributed by atoms with Gasteiger partial charge < -0.3 is 14.6 Å². The number of carbonyl (C=O) groups is 2. The first-order valence-electron chi connectivity index (χ1n) is 6.23. The van der Waals surface area contributed by atoms with Crippen LogP contribution in [0.5, 0.6) is 0 Å². The van der Waals surface area contributed by atoms with E-state index in [-0.39, 0.29) is 17.0 Å². The largest absolute Gasteiger partial charge is 0.452 e. The van der Waals surface area contributed by atoms with Crippen LogP contribution in [-0.2, 0) is 9.53 Å². The Labute approximate surface area is 124 Å². The molecule has 1 amide bonds. The number of halogens is 2. The van der Waals surface area contributed by atoms with Crippen LogP contribution in [0.15, 0.2) is 22.7 Å². The van der Waals surface area contributed by atoms with Crippen LogP contribution < -0.4 is 5.32 Å². The van der Waals surface area contributed by atoms with Gasteiger partial charge in [-0.05, 0) is 26.0 Å². The van der Waals surface area contributed by atoms with Crippen molar-refractivity contribution >= 4 is 17.6 Å². The maximum absolute atomic E-state index is 13.0. The highest BCUT2D eigenvalue weighted by Gasteiger charge is 2.20. The number of aryl methyl sites for hydroxylation is 2. The standard InChI is InChI=1S/C14H12F2N2O4/c1-7-13(8(2)22-18-7)14(20)21-6-12(19)17-9-3-4-10(15)11(16)5-9/h3-5H,6H2,1-2H3,(H,17,19). The van der Waals surface area contributed by atoms with Gasteiger partial charge in [-0.3, -0.25) is 4.79 Å². The Bertz CT molecular complexity index is 708. The number of benzene rings is 1. The summed E-state index contributed by atoms with van der Waals surface area (Å²) in [6.07, 6.45) is 0. The fourth-order valence-electron chi connectivity index (χ4n) is 1.75. The molecule has 1 heterocycles. The number of ether oxygens (including phenoxy) is 1.